The van der Waals surface area contributed by atoms with Crippen molar-refractivity contribution in [3.05, 3.63) is 59.7 Å². The number of hydrogen-bond acceptors (Lipinski definition) is 4. The molecule has 178 valence electrons. The Morgan fingerprint density at radius 2 is 1.56 bits per heavy atom. The van der Waals surface area contributed by atoms with E-state index in [-0.39, 0.29) is 18.9 Å². The quantitative estimate of drug-likeness (QED) is 0.516. The second kappa shape index (κ2) is 9.60. The molecule has 1 unspecified atom stereocenters. The van der Waals surface area contributed by atoms with Gasteiger partial charge in [0.15, 0.2) is 0 Å². The molecule has 0 aliphatic heterocycles. The molecule has 2 amide bonds. The summed E-state index contributed by atoms with van der Waals surface area (Å²) >= 11 is 0. The topological polar surface area (TPSA) is 105 Å². The average molecular weight is 463 g/mol. The van der Waals surface area contributed by atoms with E-state index >= 15 is 0 Å². The van der Waals surface area contributed by atoms with Crippen LogP contribution >= 0.6 is 0 Å². The molecule has 0 aromatic heterocycles. The number of amides is 2. The summed E-state index contributed by atoms with van der Waals surface area (Å²) in [7, 11) is 0. The number of carbonyl (C=O) groups excluding carboxylic acids is 2. The number of hydrogen-bond donors (Lipinski definition) is 3. The molecule has 1 atom stereocenters. The lowest BCUT2D eigenvalue weighted by molar-refractivity contribution is -0.144. The Kier molecular flexibility index (Phi) is 7.01. The van der Waals surface area contributed by atoms with Crippen molar-refractivity contribution in [2.45, 2.75) is 51.6 Å². The fourth-order valence-corrected chi connectivity index (χ4v) is 3.99. The van der Waals surface area contributed by atoms with Gasteiger partial charge in [0.2, 0.25) is 5.91 Å². The minimum Gasteiger partial charge on any atom is -0.480 e. The predicted molar refractivity (Wildman–Crippen MR) is 129 cm³/mol. The summed E-state index contributed by atoms with van der Waals surface area (Å²) in [6.45, 7) is 6.77. The van der Waals surface area contributed by atoms with Crippen molar-refractivity contribution in [3.63, 3.8) is 0 Å². The van der Waals surface area contributed by atoms with Crippen molar-refractivity contribution in [1.29, 1.82) is 0 Å². The van der Waals surface area contributed by atoms with E-state index in [0.717, 1.165) is 22.3 Å². The van der Waals surface area contributed by atoms with Gasteiger partial charge < -0.3 is 20.5 Å². The van der Waals surface area contributed by atoms with Gasteiger partial charge in [0, 0.05) is 12.3 Å². The molecule has 2 aromatic carbocycles. The van der Waals surface area contributed by atoms with Crippen LogP contribution in [0.4, 0.5) is 4.79 Å². The zero-order valence-electron chi connectivity index (χ0n) is 19.8. The Morgan fingerprint density at radius 1 is 1.03 bits per heavy atom. The molecule has 0 heterocycles. The number of terminal acetylenes is 1. The predicted octanol–water partition coefficient (Wildman–Crippen LogP) is 3.92. The molecular weight excluding hydrogens is 432 g/mol. The Balaban J connectivity index is 1.68. The number of alkyl carbamates (subject to hydrolysis) is 1. The zero-order chi connectivity index (χ0) is 25.1. The van der Waals surface area contributed by atoms with Crippen molar-refractivity contribution in [2.24, 2.45) is 5.41 Å². The standard InChI is InChI=1S/C27H30N2O5/c1-6-11-22(23(30)31)28-24(32)26(2,3)27(4,5)29-25(33)34-16-21-19-14-9-7-12-17(19)18-13-8-10-15-20(18)21/h1,7-10,12-15,21-22H,11,16H2,2-5H3,(H,28,32)(H,29,33)(H,30,31). The molecule has 7 heteroatoms. The molecule has 7 nitrogen and oxygen atoms in total. The number of carboxylic acids is 1. The third kappa shape index (κ3) is 4.76. The molecule has 0 spiro atoms. The summed E-state index contributed by atoms with van der Waals surface area (Å²) in [4.78, 5) is 37.0. The minimum atomic E-state index is -1.22. The van der Waals surface area contributed by atoms with Crippen molar-refractivity contribution in [1.82, 2.24) is 10.6 Å². The Hall–Kier alpha value is -3.79. The lowest BCUT2D eigenvalue weighted by atomic mass is 9.73. The van der Waals surface area contributed by atoms with Crippen LogP contribution in [0.5, 0.6) is 0 Å². The Morgan fingerprint density at radius 3 is 2.06 bits per heavy atom. The van der Waals surface area contributed by atoms with Crippen molar-refractivity contribution < 1.29 is 24.2 Å². The van der Waals surface area contributed by atoms with Crippen LogP contribution in [0.1, 0.15) is 51.2 Å². The van der Waals surface area contributed by atoms with E-state index in [4.69, 9.17) is 11.2 Å². The molecule has 2 aromatic rings. The second-order valence-corrected chi connectivity index (χ2v) is 9.47. The molecular formula is C27H30N2O5. The third-order valence-electron chi connectivity index (χ3n) is 6.81. The van der Waals surface area contributed by atoms with E-state index in [1.54, 1.807) is 27.7 Å². The van der Waals surface area contributed by atoms with E-state index in [9.17, 15) is 19.5 Å². The fraction of sp³-hybridized carbons (Fsp3) is 0.370. The lowest BCUT2D eigenvalue weighted by Gasteiger charge is -2.40. The second-order valence-electron chi connectivity index (χ2n) is 9.47. The zero-order valence-corrected chi connectivity index (χ0v) is 19.8. The van der Waals surface area contributed by atoms with Crippen LogP contribution in [0, 0.1) is 17.8 Å². The maximum Gasteiger partial charge on any atom is 0.407 e. The summed E-state index contributed by atoms with van der Waals surface area (Å²) < 4.78 is 5.61. The smallest absolute Gasteiger partial charge is 0.407 e. The summed E-state index contributed by atoms with van der Waals surface area (Å²) in [5, 5.41) is 14.5. The molecule has 0 fully saturated rings. The number of aliphatic carboxylic acids is 1. The fourth-order valence-electron chi connectivity index (χ4n) is 3.99. The highest BCUT2D eigenvalue weighted by molar-refractivity contribution is 5.88. The van der Waals surface area contributed by atoms with Crippen LogP contribution in [-0.4, -0.2) is 41.3 Å². The highest BCUT2D eigenvalue weighted by atomic mass is 16.5. The molecule has 0 bridgehead atoms. The van der Waals surface area contributed by atoms with Gasteiger partial charge in [-0.15, -0.1) is 12.3 Å². The van der Waals surface area contributed by atoms with E-state index in [1.165, 1.54) is 0 Å². The van der Waals surface area contributed by atoms with Gasteiger partial charge >= 0.3 is 12.1 Å². The number of carboxylic acid groups (broad SMARTS) is 1. The maximum atomic E-state index is 12.9. The van der Waals surface area contributed by atoms with Crippen molar-refractivity contribution in [2.75, 3.05) is 6.61 Å². The largest absolute Gasteiger partial charge is 0.480 e. The number of rotatable bonds is 8. The normalized spacial score (nSPS) is 13.7. The van der Waals surface area contributed by atoms with Gasteiger partial charge in [-0.05, 0) is 49.9 Å². The molecule has 0 saturated carbocycles. The number of nitrogens with one attached hydrogen (secondary N) is 2. The molecule has 0 radical (unpaired) electrons. The highest BCUT2D eigenvalue weighted by Gasteiger charge is 2.45. The lowest BCUT2D eigenvalue weighted by Crippen LogP contribution is -2.61. The number of ether oxygens (including phenoxy) is 1. The number of carbonyl (C=O) groups is 3. The van der Waals surface area contributed by atoms with Gasteiger partial charge in [-0.3, -0.25) is 4.79 Å². The maximum absolute atomic E-state index is 12.9. The highest BCUT2D eigenvalue weighted by Crippen LogP contribution is 2.44. The van der Waals surface area contributed by atoms with Crippen LogP contribution in [0.2, 0.25) is 0 Å². The first-order valence-corrected chi connectivity index (χ1v) is 11.1. The van der Waals surface area contributed by atoms with Gasteiger partial charge in [0.05, 0.1) is 11.0 Å². The van der Waals surface area contributed by atoms with E-state index in [1.807, 2.05) is 36.4 Å². The van der Waals surface area contributed by atoms with Gasteiger partial charge in [-0.2, -0.15) is 0 Å². The van der Waals surface area contributed by atoms with Crippen molar-refractivity contribution in [3.8, 4) is 23.5 Å². The van der Waals surface area contributed by atoms with Crippen LogP contribution in [0.25, 0.3) is 11.1 Å². The van der Waals surface area contributed by atoms with Crippen LogP contribution in [0.3, 0.4) is 0 Å². The van der Waals surface area contributed by atoms with Crippen LogP contribution in [0.15, 0.2) is 48.5 Å². The van der Waals surface area contributed by atoms with E-state index in [0.29, 0.717) is 0 Å². The van der Waals surface area contributed by atoms with Gasteiger partial charge in [0.25, 0.3) is 0 Å². The molecule has 0 saturated heterocycles. The summed E-state index contributed by atoms with van der Waals surface area (Å²) in [5.74, 6) is 0.403. The Bertz CT molecular complexity index is 1100. The monoisotopic (exact) mass is 462 g/mol. The summed E-state index contributed by atoms with van der Waals surface area (Å²) in [6, 6.07) is 14.9. The first-order chi connectivity index (χ1) is 16.0. The first-order valence-electron chi connectivity index (χ1n) is 11.1. The molecule has 1 aliphatic rings. The van der Waals surface area contributed by atoms with Crippen LogP contribution < -0.4 is 10.6 Å². The number of fused-ring (bicyclic) bond motifs is 3. The van der Waals surface area contributed by atoms with Gasteiger partial charge in [0.1, 0.15) is 12.6 Å². The molecule has 3 rings (SSSR count). The van der Waals surface area contributed by atoms with E-state index in [2.05, 4.69) is 28.7 Å². The van der Waals surface area contributed by atoms with Gasteiger partial charge in [-0.25, -0.2) is 9.59 Å². The summed E-state index contributed by atoms with van der Waals surface area (Å²) in [6.07, 6.45) is 4.41. The molecule has 34 heavy (non-hydrogen) atoms. The van der Waals surface area contributed by atoms with Crippen molar-refractivity contribution >= 4 is 18.0 Å². The Labute approximate surface area is 199 Å². The molecule has 3 N–H and O–H groups in total. The number of benzene rings is 2. The van der Waals surface area contributed by atoms with Crippen LogP contribution in [-0.2, 0) is 14.3 Å². The van der Waals surface area contributed by atoms with E-state index < -0.39 is 35.0 Å². The first kappa shape index (κ1) is 24.8. The average Bonchev–Trinajstić information content (AvgIpc) is 3.10. The molecule has 1 aliphatic carbocycles. The van der Waals surface area contributed by atoms with Gasteiger partial charge in [-0.1, -0.05) is 48.5 Å². The third-order valence-corrected chi connectivity index (χ3v) is 6.81. The SMILES string of the molecule is C#CCC(NC(=O)C(C)(C)C(C)(C)NC(=O)OCC1c2ccccc2-c2ccccc21)C(=O)O. The minimum absolute atomic E-state index is 0.0855. The summed E-state index contributed by atoms with van der Waals surface area (Å²) in [5.41, 5.74) is 2.24.